The molecule has 0 fully saturated rings. The van der Waals surface area contributed by atoms with E-state index >= 15 is 0 Å². The summed E-state index contributed by atoms with van der Waals surface area (Å²) in [5.74, 6) is -0.944. The molecular weight excluding hydrogens is 392 g/mol. The summed E-state index contributed by atoms with van der Waals surface area (Å²) in [6.07, 6.45) is -0.165. The second-order valence-electron chi connectivity index (χ2n) is 6.14. The molecular formula is C19H14Cl2FN3O2. The standard InChI is InChI=1S/C19H14Cl2FN3O2/c20-12-3-1-11(2-4-12)18-9-25-14(10-27-18)8-17(24-25)19(26)23-13-5-6-16(22)15(21)7-13/h1-8,18H,9-10H2,(H,23,26)/t18-/m0/s1. The van der Waals surface area contributed by atoms with Gasteiger partial charge in [-0.05, 0) is 42.0 Å². The van der Waals surface area contributed by atoms with Crippen LogP contribution in [0, 0.1) is 5.82 Å². The summed E-state index contributed by atoms with van der Waals surface area (Å²) in [4.78, 5) is 12.4. The molecule has 0 radical (unpaired) electrons. The highest BCUT2D eigenvalue weighted by Gasteiger charge is 2.24. The fraction of sp³-hybridized carbons (Fsp3) is 0.158. The average molecular weight is 406 g/mol. The topological polar surface area (TPSA) is 56.2 Å². The van der Waals surface area contributed by atoms with Gasteiger partial charge >= 0.3 is 0 Å². The lowest BCUT2D eigenvalue weighted by atomic mass is 10.1. The third kappa shape index (κ3) is 3.83. The maximum absolute atomic E-state index is 13.2. The molecule has 0 saturated carbocycles. The zero-order chi connectivity index (χ0) is 19.0. The Labute approximate surface area is 164 Å². The number of ether oxygens (including phenoxy) is 1. The molecule has 1 atom stereocenters. The second-order valence-corrected chi connectivity index (χ2v) is 6.98. The van der Waals surface area contributed by atoms with E-state index in [1.54, 1.807) is 10.7 Å². The van der Waals surface area contributed by atoms with Crippen molar-refractivity contribution in [3.05, 3.63) is 81.3 Å². The molecule has 5 nitrogen and oxygen atoms in total. The molecule has 0 saturated heterocycles. The lowest BCUT2D eigenvalue weighted by Crippen LogP contribution is -2.22. The summed E-state index contributed by atoms with van der Waals surface area (Å²) in [5, 5.41) is 7.64. The molecule has 8 heteroatoms. The third-order valence-electron chi connectivity index (χ3n) is 4.29. The summed E-state index contributed by atoms with van der Waals surface area (Å²) in [5.41, 5.74) is 2.45. The van der Waals surface area contributed by atoms with E-state index in [-0.39, 0.29) is 16.8 Å². The van der Waals surface area contributed by atoms with E-state index in [2.05, 4.69) is 10.4 Å². The Kier molecular flexibility index (Phi) is 4.86. The molecule has 27 heavy (non-hydrogen) atoms. The van der Waals surface area contributed by atoms with Crippen LogP contribution in [0.5, 0.6) is 0 Å². The van der Waals surface area contributed by atoms with Crippen molar-refractivity contribution in [2.24, 2.45) is 0 Å². The van der Waals surface area contributed by atoms with Crippen molar-refractivity contribution in [3.8, 4) is 0 Å². The van der Waals surface area contributed by atoms with Crippen LogP contribution >= 0.6 is 23.2 Å². The predicted octanol–water partition coefficient (Wildman–Crippen LogP) is 4.85. The smallest absolute Gasteiger partial charge is 0.276 e. The highest BCUT2D eigenvalue weighted by Crippen LogP contribution is 2.28. The number of anilines is 1. The number of benzene rings is 2. The molecule has 0 unspecified atom stereocenters. The molecule has 0 spiro atoms. The highest BCUT2D eigenvalue weighted by atomic mass is 35.5. The van der Waals surface area contributed by atoms with Gasteiger partial charge in [-0.15, -0.1) is 0 Å². The molecule has 1 aliphatic heterocycles. The first-order valence-corrected chi connectivity index (χ1v) is 8.95. The second kappa shape index (κ2) is 7.31. The van der Waals surface area contributed by atoms with E-state index in [9.17, 15) is 9.18 Å². The number of hydrogen-bond acceptors (Lipinski definition) is 3. The number of amides is 1. The van der Waals surface area contributed by atoms with Crippen molar-refractivity contribution in [2.75, 3.05) is 5.32 Å². The molecule has 1 amide bonds. The lowest BCUT2D eigenvalue weighted by molar-refractivity contribution is -0.00118. The van der Waals surface area contributed by atoms with Crippen LogP contribution in [0.4, 0.5) is 10.1 Å². The van der Waals surface area contributed by atoms with Gasteiger partial charge in [0.25, 0.3) is 5.91 Å². The fourth-order valence-electron chi connectivity index (χ4n) is 2.88. The lowest BCUT2D eigenvalue weighted by Gasteiger charge is -2.24. The third-order valence-corrected chi connectivity index (χ3v) is 4.83. The quantitative estimate of drug-likeness (QED) is 0.677. The van der Waals surface area contributed by atoms with Crippen molar-refractivity contribution in [1.82, 2.24) is 9.78 Å². The van der Waals surface area contributed by atoms with Crippen LogP contribution in [-0.4, -0.2) is 15.7 Å². The monoisotopic (exact) mass is 405 g/mol. The Morgan fingerprint density at radius 1 is 1.19 bits per heavy atom. The SMILES string of the molecule is O=C(Nc1ccc(F)c(Cl)c1)c1cc2n(n1)C[C@@H](c1ccc(Cl)cc1)OC2. The summed E-state index contributed by atoms with van der Waals surface area (Å²) in [6.45, 7) is 0.836. The van der Waals surface area contributed by atoms with Gasteiger partial charge in [-0.1, -0.05) is 35.3 Å². The Bertz CT molecular complexity index is 1000. The van der Waals surface area contributed by atoms with Crippen LogP contribution in [0.3, 0.4) is 0 Å². The van der Waals surface area contributed by atoms with Crippen molar-refractivity contribution < 1.29 is 13.9 Å². The number of nitrogens with one attached hydrogen (secondary N) is 1. The highest BCUT2D eigenvalue weighted by molar-refractivity contribution is 6.31. The van der Waals surface area contributed by atoms with Crippen LogP contribution in [0.25, 0.3) is 0 Å². The van der Waals surface area contributed by atoms with Crippen LogP contribution in [-0.2, 0) is 17.9 Å². The van der Waals surface area contributed by atoms with Gasteiger partial charge in [-0.3, -0.25) is 9.48 Å². The van der Waals surface area contributed by atoms with Crippen molar-refractivity contribution in [1.29, 1.82) is 0 Å². The molecule has 0 aliphatic carbocycles. The van der Waals surface area contributed by atoms with Gasteiger partial charge < -0.3 is 10.1 Å². The molecule has 2 heterocycles. The summed E-state index contributed by atoms with van der Waals surface area (Å²) >= 11 is 11.7. The maximum atomic E-state index is 13.2. The molecule has 1 aromatic heterocycles. The molecule has 2 aromatic carbocycles. The van der Waals surface area contributed by atoms with Gasteiger partial charge in [0.05, 0.1) is 23.9 Å². The normalized spacial score (nSPS) is 16.0. The number of aromatic nitrogens is 2. The number of fused-ring (bicyclic) bond motifs is 1. The maximum Gasteiger partial charge on any atom is 0.276 e. The van der Waals surface area contributed by atoms with Gasteiger partial charge in [0.2, 0.25) is 0 Å². The number of hydrogen-bond donors (Lipinski definition) is 1. The Morgan fingerprint density at radius 2 is 1.96 bits per heavy atom. The van der Waals surface area contributed by atoms with Gasteiger partial charge in [0.15, 0.2) is 5.69 Å². The minimum absolute atomic E-state index is 0.0591. The molecule has 1 aliphatic rings. The van der Waals surface area contributed by atoms with E-state index in [0.717, 1.165) is 11.3 Å². The molecule has 4 rings (SSSR count). The number of halogens is 3. The van der Waals surface area contributed by atoms with Gasteiger partial charge in [-0.2, -0.15) is 5.10 Å². The Hall–Kier alpha value is -2.41. The fourth-order valence-corrected chi connectivity index (χ4v) is 3.19. The summed E-state index contributed by atoms with van der Waals surface area (Å²) in [6, 6.07) is 13.1. The minimum atomic E-state index is -0.544. The van der Waals surface area contributed by atoms with Crippen molar-refractivity contribution in [3.63, 3.8) is 0 Å². The van der Waals surface area contributed by atoms with Gasteiger partial charge in [-0.25, -0.2) is 4.39 Å². The number of nitrogens with zero attached hydrogens (tertiary/aromatic N) is 2. The van der Waals surface area contributed by atoms with E-state index in [1.165, 1.54) is 18.2 Å². The first-order chi connectivity index (χ1) is 13.0. The van der Waals surface area contributed by atoms with E-state index in [1.807, 2.05) is 24.3 Å². The van der Waals surface area contributed by atoms with E-state index in [4.69, 9.17) is 27.9 Å². The Morgan fingerprint density at radius 3 is 2.70 bits per heavy atom. The zero-order valence-corrected chi connectivity index (χ0v) is 15.5. The first-order valence-electron chi connectivity index (χ1n) is 8.20. The number of carbonyl (C=O) groups is 1. The Balaban J connectivity index is 1.50. The van der Waals surface area contributed by atoms with Gasteiger partial charge in [0.1, 0.15) is 11.9 Å². The van der Waals surface area contributed by atoms with Crippen molar-refractivity contribution >= 4 is 34.8 Å². The number of rotatable bonds is 3. The van der Waals surface area contributed by atoms with Gasteiger partial charge in [0, 0.05) is 10.7 Å². The van der Waals surface area contributed by atoms with Crippen LogP contribution in [0.2, 0.25) is 10.0 Å². The molecule has 0 bridgehead atoms. The molecule has 138 valence electrons. The van der Waals surface area contributed by atoms with E-state index in [0.29, 0.717) is 23.9 Å². The van der Waals surface area contributed by atoms with E-state index < -0.39 is 11.7 Å². The summed E-state index contributed by atoms with van der Waals surface area (Å²) < 4.78 is 20.9. The first kappa shape index (κ1) is 18.0. The van der Waals surface area contributed by atoms with Crippen molar-refractivity contribution in [2.45, 2.75) is 19.3 Å². The van der Waals surface area contributed by atoms with Crippen LogP contribution in [0.1, 0.15) is 27.8 Å². The number of carbonyl (C=O) groups excluding carboxylic acids is 1. The predicted molar refractivity (Wildman–Crippen MR) is 101 cm³/mol. The summed E-state index contributed by atoms with van der Waals surface area (Å²) in [7, 11) is 0. The minimum Gasteiger partial charge on any atom is -0.365 e. The van der Waals surface area contributed by atoms with Crippen LogP contribution in [0.15, 0.2) is 48.5 Å². The zero-order valence-electron chi connectivity index (χ0n) is 14.0. The van der Waals surface area contributed by atoms with Crippen LogP contribution < -0.4 is 5.32 Å². The largest absolute Gasteiger partial charge is 0.365 e. The average Bonchev–Trinajstić information content (AvgIpc) is 3.09. The molecule has 3 aromatic rings. The molecule has 1 N–H and O–H groups in total.